The first kappa shape index (κ1) is 21.5. The monoisotopic (exact) mass is 501 g/mol. The number of halogens is 3. The summed E-state index contributed by atoms with van der Waals surface area (Å²) in [5, 5.41) is 19.8. The Kier molecular flexibility index (Phi) is 6.31. The maximum atomic E-state index is 12.8. The number of hydrogen-bond donors (Lipinski definition) is 1. The van der Waals surface area contributed by atoms with E-state index in [1.807, 2.05) is 13.0 Å². The van der Waals surface area contributed by atoms with E-state index in [9.17, 15) is 9.90 Å². The molecule has 1 aliphatic heterocycles. The lowest BCUT2D eigenvalue weighted by Gasteiger charge is -2.21. The number of phenols is 1. The minimum Gasteiger partial charge on any atom is -0.508 e. The molecule has 1 saturated heterocycles. The predicted molar refractivity (Wildman–Crippen MR) is 121 cm³/mol. The Balaban J connectivity index is 1.56. The molecule has 3 aromatic rings. The summed E-state index contributed by atoms with van der Waals surface area (Å²) in [7, 11) is 0. The highest BCUT2D eigenvalue weighted by Gasteiger charge is 2.42. The van der Waals surface area contributed by atoms with Crippen molar-refractivity contribution in [3.05, 3.63) is 62.0 Å². The van der Waals surface area contributed by atoms with Crippen molar-refractivity contribution in [2.45, 2.75) is 24.2 Å². The number of rotatable bonds is 5. The van der Waals surface area contributed by atoms with Gasteiger partial charge >= 0.3 is 0 Å². The summed E-state index contributed by atoms with van der Waals surface area (Å²) in [5.74, 6) is 0.329. The van der Waals surface area contributed by atoms with E-state index in [1.54, 1.807) is 23.1 Å². The first-order valence-electron chi connectivity index (χ1n) is 8.71. The average molecular weight is 503 g/mol. The van der Waals surface area contributed by atoms with Crippen molar-refractivity contribution < 1.29 is 14.6 Å². The van der Waals surface area contributed by atoms with Gasteiger partial charge in [0.15, 0.2) is 10.8 Å². The summed E-state index contributed by atoms with van der Waals surface area (Å²) in [5.41, 5.74) is 0.646. The highest BCUT2D eigenvalue weighted by Crippen LogP contribution is 2.48. The van der Waals surface area contributed by atoms with Crippen molar-refractivity contribution in [3.63, 3.8) is 0 Å². The molecule has 2 atom stereocenters. The molecule has 0 bridgehead atoms. The Morgan fingerprint density at radius 1 is 1.17 bits per heavy atom. The SMILES string of the molecule is CC1SC(c2ccccc2O)N(c2nnc(COc3c(Cl)cc(Cl)cc3Cl)s2)C1=O. The topological polar surface area (TPSA) is 75.6 Å². The number of carbonyl (C=O) groups is 1. The molecular weight excluding hydrogens is 489 g/mol. The second-order valence-corrected chi connectivity index (χ2v) is 10.1. The molecule has 0 saturated carbocycles. The van der Waals surface area contributed by atoms with E-state index in [-0.39, 0.29) is 33.6 Å². The third-order valence-electron chi connectivity index (χ3n) is 4.32. The van der Waals surface area contributed by atoms with Crippen LogP contribution in [0.2, 0.25) is 15.1 Å². The van der Waals surface area contributed by atoms with Crippen LogP contribution < -0.4 is 9.64 Å². The predicted octanol–water partition coefficient (Wildman–Crippen LogP) is 5.95. The van der Waals surface area contributed by atoms with Crippen molar-refractivity contribution in [3.8, 4) is 11.5 Å². The molecular formula is C19H14Cl3N3O3S2. The number of carbonyl (C=O) groups excluding carboxylic acids is 1. The van der Waals surface area contributed by atoms with E-state index in [0.29, 0.717) is 26.5 Å². The van der Waals surface area contributed by atoms with Gasteiger partial charge in [-0.25, -0.2) is 0 Å². The average Bonchev–Trinajstić information content (AvgIpc) is 3.26. The van der Waals surface area contributed by atoms with Crippen LogP contribution in [0, 0.1) is 0 Å². The fourth-order valence-corrected chi connectivity index (χ4v) is 5.99. The molecule has 0 aliphatic carbocycles. The molecule has 11 heteroatoms. The summed E-state index contributed by atoms with van der Waals surface area (Å²) in [6.45, 7) is 1.90. The number of phenolic OH excluding ortho intramolecular Hbond substituents is 1. The molecule has 1 N–H and O–H groups in total. The lowest BCUT2D eigenvalue weighted by molar-refractivity contribution is -0.117. The molecule has 1 fully saturated rings. The molecule has 4 rings (SSSR count). The largest absolute Gasteiger partial charge is 0.508 e. The fraction of sp³-hybridized carbons (Fsp3) is 0.211. The van der Waals surface area contributed by atoms with Crippen LogP contribution in [0.3, 0.4) is 0 Å². The second-order valence-electron chi connectivity index (χ2n) is 6.36. The molecule has 1 aromatic heterocycles. The van der Waals surface area contributed by atoms with Gasteiger partial charge in [0.2, 0.25) is 11.0 Å². The van der Waals surface area contributed by atoms with Crippen LogP contribution >= 0.6 is 57.9 Å². The minimum absolute atomic E-state index is 0.0741. The standard InChI is InChI=1S/C19H14Cl3N3O3S2/c1-9-17(27)25(18(29-9)11-4-2-3-5-14(11)26)19-24-23-15(30-19)8-28-16-12(21)6-10(20)7-13(16)22/h2-7,9,18,26H,8H2,1H3. The molecule has 2 heterocycles. The van der Waals surface area contributed by atoms with Gasteiger partial charge < -0.3 is 9.84 Å². The van der Waals surface area contributed by atoms with Gasteiger partial charge in [-0.2, -0.15) is 0 Å². The number of ether oxygens (including phenoxy) is 1. The van der Waals surface area contributed by atoms with E-state index in [0.717, 1.165) is 0 Å². The molecule has 2 aromatic carbocycles. The van der Waals surface area contributed by atoms with Crippen LogP contribution in [0.15, 0.2) is 36.4 Å². The maximum Gasteiger partial charge on any atom is 0.242 e. The highest BCUT2D eigenvalue weighted by atomic mass is 35.5. The zero-order chi connectivity index (χ0) is 21.4. The maximum absolute atomic E-state index is 12.8. The first-order chi connectivity index (χ1) is 14.3. The number of hydrogen-bond acceptors (Lipinski definition) is 7. The Hall–Kier alpha value is -1.71. The second kappa shape index (κ2) is 8.80. The molecule has 0 spiro atoms. The van der Waals surface area contributed by atoms with Crippen LogP contribution in [0.5, 0.6) is 11.5 Å². The minimum atomic E-state index is -0.393. The van der Waals surface area contributed by atoms with Crippen molar-refractivity contribution in [1.29, 1.82) is 0 Å². The van der Waals surface area contributed by atoms with Crippen molar-refractivity contribution in [2.24, 2.45) is 0 Å². The Morgan fingerprint density at radius 3 is 2.57 bits per heavy atom. The van der Waals surface area contributed by atoms with Gasteiger partial charge in [0.05, 0.1) is 15.3 Å². The van der Waals surface area contributed by atoms with Gasteiger partial charge in [0, 0.05) is 10.6 Å². The van der Waals surface area contributed by atoms with Crippen LogP contribution in [0.4, 0.5) is 5.13 Å². The zero-order valence-corrected chi connectivity index (χ0v) is 19.3. The fourth-order valence-electron chi connectivity index (χ4n) is 2.93. The Bertz CT molecular complexity index is 1090. The van der Waals surface area contributed by atoms with E-state index >= 15 is 0 Å². The number of para-hydroxylation sites is 1. The third-order valence-corrected chi connectivity index (χ3v) is 7.33. The third kappa shape index (κ3) is 4.20. The van der Waals surface area contributed by atoms with Gasteiger partial charge in [0.25, 0.3) is 0 Å². The Labute approximate surface area is 195 Å². The Morgan fingerprint density at radius 2 is 1.87 bits per heavy atom. The molecule has 1 aliphatic rings. The number of anilines is 1. The number of amides is 1. The lowest BCUT2D eigenvalue weighted by atomic mass is 10.2. The summed E-state index contributed by atoms with van der Waals surface area (Å²) in [6, 6.07) is 10.0. The summed E-state index contributed by atoms with van der Waals surface area (Å²) in [4.78, 5) is 14.4. The van der Waals surface area contributed by atoms with E-state index in [1.165, 1.54) is 35.2 Å². The number of aromatic nitrogens is 2. The van der Waals surface area contributed by atoms with Crippen LogP contribution in [0.25, 0.3) is 0 Å². The molecule has 2 unspecified atom stereocenters. The van der Waals surface area contributed by atoms with E-state index in [2.05, 4.69) is 10.2 Å². The smallest absolute Gasteiger partial charge is 0.242 e. The van der Waals surface area contributed by atoms with Gasteiger partial charge in [-0.15, -0.1) is 22.0 Å². The van der Waals surface area contributed by atoms with Gasteiger partial charge in [-0.3, -0.25) is 9.69 Å². The van der Waals surface area contributed by atoms with Crippen molar-refractivity contribution >= 4 is 68.9 Å². The summed E-state index contributed by atoms with van der Waals surface area (Å²) >= 11 is 20.9. The first-order valence-corrected chi connectivity index (χ1v) is 11.6. The quantitative estimate of drug-likeness (QED) is 0.465. The molecule has 1 amide bonds. The van der Waals surface area contributed by atoms with Crippen LogP contribution in [-0.2, 0) is 11.4 Å². The summed E-state index contributed by atoms with van der Waals surface area (Å²) < 4.78 is 5.70. The number of benzene rings is 2. The van der Waals surface area contributed by atoms with Gasteiger partial charge in [-0.1, -0.05) is 64.3 Å². The van der Waals surface area contributed by atoms with Crippen molar-refractivity contribution in [1.82, 2.24) is 10.2 Å². The van der Waals surface area contributed by atoms with E-state index in [4.69, 9.17) is 39.5 Å². The number of aromatic hydroxyl groups is 1. The molecule has 30 heavy (non-hydrogen) atoms. The molecule has 156 valence electrons. The number of nitrogens with zero attached hydrogens (tertiary/aromatic N) is 3. The molecule has 6 nitrogen and oxygen atoms in total. The van der Waals surface area contributed by atoms with Crippen molar-refractivity contribution in [2.75, 3.05) is 4.90 Å². The normalized spacial score (nSPS) is 18.8. The van der Waals surface area contributed by atoms with Gasteiger partial charge in [0.1, 0.15) is 17.7 Å². The van der Waals surface area contributed by atoms with Crippen LogP contribution in [-0.4, -0.2) is 26.5 Å². The zero-order valence-electron chi connectivity index (χ0n) is 15.4. The van der Waals surface area contributed by atoms with Gasteiger partial charge in [-0.05, 0) is 25.1 Å². The molecule has 0 radical (unpaired) electrons. The lowest BCUT2D eigenvalue weighted by Crippen LogP contribution is -2.30. The van der Waals surface area contributed by atoms with Crippen LogP contribution in [0.1, 0.15) is 22.9 Å². The highest BCUT2D eigenvalue weighted by molar-refractivity contribution is 8.01. The summed E-state index contributed by atoms with van der Waals surface area (Å²) in [6.07, 6.45) is 0. The number of thioether (sulfide) groups is 1. The van der Waals surface area contributed by atoms with E-state index < -0.39 is 5.37 Å².